The number of aryl methyl sites for hydroxylation is 1. The van der Waals surface area contributed by atoms with E-state index in [1.807, 2.05) is 54.6 Å². The molecule has 0 aliphatic carbocycles. The summed E-state index contributed by atoms with van der Waals surface area (Å²) in [5.74, 6) is 0.357. The third-order valence-electron chi connectivity index (χ3n) is 4.06. The van der Waals surface area contributed by atoms with Crippen molar-refractivity contribution in [2.45, 2.75) is 6.92 Å². The highest BCUT2D eigenvalue weighted by atomic mass is 35.5. The van der Waals surface area contributed by atoms with Crippen LogP contribution in [0.25, 0.3) is 16.5 Å². The van der Waals surface area contributed by atoms with Crippen LogP contribution in [0.5, 0.6) is 0 Å². The largest absolute Gasteiger partial charge is 0.319 e. The van der Waals surface area contributed by atoms with E-state index in [2.05, 4.69) is 15.4 Å². The number of aromatic nitrogens is 3. The number of hydrogen-bond donors (Lipinski definition) is 1. The SMILES string of the molecule is Cc1nc(C(=O)Nc2cccc3ccccc23)nn1-c1cccc(Cl)c1. The van der Waals surface area contributed by atoms with Gasteiger partial charge in [0.25, 0.3) is 5.91 Å². The van der Waals surface area contributed by atoms with Crippen LogP contribution in [0.2, 0.25) is 5.02 Å². The van der Waals surface area contributed by atoms with Crippen LogP contribution in [0, 0.1) is 6.92 Å². The molecule has 128 valence electrons. The molecule has 0 fully saturated rings. The molecule has 0 spiro atoms. The summed E-state index contributed by atoms with van der Waals surface area (Å²) in [6.45, 7) is 1.79. The van der Waals surface area contributed by atoms with Crippen molar-refractivity contribution in [3.05, 3.63) is 83.4 Å². The molecule has 4 aromatic rings. The molecule has 0 unspecified atom stereocenters. The molecule has 0 saturated carbocycles. The maximum atomic E-state index is 12.6. The zero-order valence-electron chi connectivity index (χ0n) is 14.0. The number of anilines is 1. The average molecular weight is 363 g/mol. The van der Waals surface area contributed by atoms with Crippen molar-refractivity contribution >= 4 is 34.0 Å². The Kier molecular flexibility index (Phi) is 4.14. The maximum Gasteiger partial charge on any atom is 0.295 e. The maximum absolute atomic E-state index is 12.6. The lowest BCUT2D eigenvalue weighted by atomic mass is 10.1. The van der Waals surface area contributed by atoms with E-state index >= 15 is 0 Å². The van der Waals surface area contributed by atoms with Gasteiger partial charge in [-0.1, -0.05) is 54.1 Å². The number of halogens is 1. The molecular formula is C20H15ClN4O. The van der Waals surface area contributed by atoms with E-state index in [1.54, 1.807) is 23.7 Å². The lowest BCUT2D eigenvalue weighted by molar-refractivity contribution is 0.101. The Balaban J connectivity index is 1.66. The van der Waals surface area contributed by atoms with Crippen molar-refractivity contribution in [1.29, 1.82) is 0 Å². The summed E-state index contributed by atoms with van der Waals surface area (Å²) in [5, 5.41) is 9.85. The minimum Gasteiger partial charge on any atom is -0.319 e. The Hall–Kier alpha value is -3.18. The number of hydrogen-bond acceptors (Lipinski definition) is 3. The van der Waals surface area contributed by atoms with E-state index in [-0.39, 0.29) is 11.7 Å². The molecule has 5 nitrogen and oxygen atoms in total. The van der Waals surface area contributed by atoms with Gasteiger partial charge in [0.05, 0.1) is 5.69 Å². The molecule has 0 radical (unpaired) electrons. The average Bonchev–Trinajstić information content (AvgIpc) is 3.04. The Bertz CT molecular complexity index is 1110. The highest BCUT2D eigenvalue weighted by Crippen LogP contribution is 2.23. The van der Waals surface area contributed by atoms with Crippen LogP contribution in [0.15, 0.2) is 66.7 Å². The number of rotatable bonds is 3. The predicted molar refractivity (Wildman–Crippen MR) is 103 cm³/mol. The van der Waals surface area contributed by atoms with Gasteiger partial charge in [0, 0.05) is 16.1 Å². The van der Waals surface area contributed by atoms with Crippen LogP contribution in [-0.2, 0) is 0 Å². The van der Waals surface area contributed by atoms with Crippen molar-refractivity contribution < 1.29 is 4.79 Å². The Morgan fingerprint density at radius 3 is 2.65 bits per heavy atom. The molecule has 1 N–H and O–H groups in total. The molecule has 0 aliphatic rings. The third kappa shape index (κ3) is 3.05. The highest BCUT2D eigenvalue weighted by molar-refractivity contribution is 6.30. The van der Waals surface area contributed by atoms with Gasteiger partial charge in [-0.3, -0.25) is 4.79 Å². The van der Waals surface area contributed by atoms with Crippen LogP contribution in [0.4, 0.5) is 5.69 Å². The molecule has 26 heavy (non-hydrogen) atoms. The van der Waals surface area contributed by atoms with Crippen LogP contribution >= 0.6 is 11.6 Å². The summed E-state index contributed by atoms with van der Waals surface area (Å²) in [6, 6.07) is 20.9. The zero-order valence-corrected chi connectivity index (χ0v) is 14.7. The molecule has 1 amide bonds. The number of carbonyl (C=O) groups excluding carboxylic acids is 1. The standard InChI is InChI=1S/C20H15ClN4O/c1-13-22-19(24-25(13)16-9-5-8-15(21)12-16)20(26)23-18-11-4-7-14-6-2-3-10-17(14)18/h2-12H,1H3,(H,23,26). The number of fused-ring (bicyclic) bond motifs is 1. The van der Waals surface area contributed by atoms with E-state index in [0.29, 0.717) is 10.8 Å². The smallest absolute Gasteiger partial charge is 0.295 e. The number of nitrogens with zero attached hydrogens (tertiary/aromatic N) is 3. The van der Waals surface area contributed by atoms with E-state index < -0.39 is 0 Å². The van der Waals surface area contributed by atoms with Gasteiger partial charge in [0.1, 0.15) is 5.82 Å². The summed E-state index contributed by atoms with van der Waals surface area (Å²) in [5.41, 5.74) is 1.48. The van der Waals surface area contributed by atoms with Crippen molar-refractivity contribution in [2.24, 2.45) is 0 Å². The fraction of sp³-hybridized carbons (Fsp3) is 0.0500. The van der Waals surface area contributed by atoms with Gasteiger partial charge in [-0.2, -0.15) is 0 Å². The summed E-state index contributed by atoms with van der Waals surface area (Å²) >= 11 is 6.04. The van der Waals surface area contributed by atoms with Crippen LogP contribution in [0.1, 0.15) is 16.4 Å². The second-order valence-electron chi connectivity index (χ2n) is 5.86. The minimum atomic E-state index is -0.356. The fourth-order valence-corrected chi connectivity index (χ4v) is 3.04. The molecule has 6 heteroatoms. The third-order valence-corrected chi connectivity index (χ3v) is 4.30. The van der Waals surface area contributed by atoms with Crippen molar-refractivity contribution in [3.63, 3.8) is 0 Å². The molecule has 1 heterocycles. The zero-order chi connectivity index (χ0) is 18.1. The first-order chi connectivity index (χ1) is 12.6. The lowest BCUT2D eigenvalue weighted by Gasteiger charge is -2.07. The van der Waals surface area contributed by atoms with Crippen LogP contribution in [0.3, 0.4) is 0 Å². The van der Waals surface area contributed by atoms with Gasteiger partial charge in [0.2, 0.25) is 5.82 Å². The number of amides is 1. The molecule has 3 aromatic carbocycles. The number of benzene rings is 3. The first kappa shape index (κ1) is 16.3. The molecule has 0 bridgehead atoms. The Labute approximate surface area is 155 Å². The first-order valence-corrected chi connectivity index (χ1v) is 8.48. The molecule has 1 aromatic heterocycles. The van der Waals surface area contributed by atoms with Gasteiger partial charge < -0.3 is 5.32 Å². The number of nitrogens with one attached hydrogen (secondary N) is 1. The summed E-state index contributed by atoms with van der Waals surface area (Å²) in [6.07, 6.45) is 0. The van der Waals surface area contributed by atoms with Gasteiger partial charge in [-0.25, -0.2) is 9.67 Å². The minimum absolute atomic E-state index is 0.107. The quantitative estimate of drug-likeness (QED) is 0.577. The van der Waals surface area contributed by atoms with Crippen LogP contribution in [-0.4, -0.2) is 20.7 Å². The summed E-state index contributed by atoms with van der Waals surface area (Å²) in [7, 11) is 0. The predicted octanol–water partition coefficient (Wildman–Crippen LogP) is 4.63. The second-order valence-corrected chi connectivity index (χ2v) is 6.29. The fourth-order valence-electron chi connectivity index (χ4n) is 2.85. The topological polar surface area (TPSA) is 59.8 Å². The number of carbonyl (C=O) groups is 1. The van der Waals surface area contributed by atoms with E-state index in [0.717, 1.165) is 22.1 Å². The molecular weight excluding hydrogens is 348 g/mol. The molecule has 0 saturated heterocycles. The van der Waals surface area contributed by atoms with Gasteiger partial charge in [0.15, 0.2) is 0 Å². The Morgan fingerprint density at radius 1 is 1.04 bits per heavy atom. The van der Waals surface area contributed by atoms with Gasteiger partial charge in [-0.15, -0.1) is 5.10 Å². The van der Waals surface area contributed by atoms with Gasteiger partial charge >= 0.3 is 0 Å². The Morgan fingerprint density at radius 2 is 1.81 bits per heavy atom. The van der Waals surface area contributed by atoms with E-state index in [4.69, 9.17) is 11.6 Å². The summed E-state index contributed by atoms with van der Waals surface area (Å²) < 4.78 is 1.60. The van der Waals surface area contributed by atoms with Gasteiger partial charge in [-0.05, 0) is 36.6 Å². The normalized spacial score (nSPS) is 10.8. The van der Waals surface area contributed by atoms with Crippen molar-refractivity contribution in [1.82, 2.24) is 14.8 Å². The van der Waals surface area contributed by atoms with E-state index in [9.17, 15) is 4.79 Å². The monoisotopic (exact) mass is 362 g/mol. The molecule has 4 rings (SSSR count). The summed E-state index contributed by atoms with van der Waals surface area (Å²) in [4.78, 5) is 16.9. The van der Waals surface area contributed by atoms with Crippen molar-refractivity contribution in [2.75, 3.05) is 5.32 Å². The van der Waals surface area contributed by atoms with E-state index in [1.165, 1.54) is 0 Å². The first-order valence-electron chi connectivity index (χ1n) is 8.10. The van der Waals surface area contributed by atoms with Crippen LogP contribution < -0.4 is 5.32 Å². The second kappa shape index (κ2) is 6.61. The van der Waals surface area contributed by atoms with Crippen molar-refractivity contribution in [3.8, 4) is 5.69 Å². The molecule has 0 aliphatic heterocycles. The lowest BCUT2D eigenvalue weighted by Crippen LogP contribution is -2.14. The highest BCUT2D eigenvalue weighted by Gasteiger charge is 2.16. The molecule has 0 atom stereocenters.